The van der Waals surface area contributed by atoms with Crippen LogP contribution in [-0.4, -0.2) is 0 Å². The zero-order chi connectivity index (χ0) is 37.9. The minimum atomic E-state index is -0.132. The molecule has 0 saturated carbocycles. The number of allylic oxidation sites excluding steroid dienone is 8. The molecule has 0 fully saturated rings. The van der Waals surface area contributed by atoms with Crippen molar-refractivity contribution < 1.29 is 0 Å². The van der Waals surface area contributed by atoms with E-state index >= 15 is 0 Å². The normalized spacial score (nSPS) is 22.5. The zero-order valence-corrected chi connectivity index (χ0v) is 32.3. The highest BCUT2D eigenvalue weighted by molar-refractivity contribution is 6.19. The lowest BCUT2D eigenvalue weighted by molar-refractivity contribution is 0.106. The van der Waals surface area contributed by atoms with Crippen molar-refractivity contribution in [3.8, 4) is 11.1 Å². The predicted octanol–water partition coefficient (Wildman–Crippen LogP) is 15.6. The Kier molecular flexibility index (Phi) is 6.89. The van der Waals surface area contributed by atoms with E-state index in [1.54, 1.807) is 0 Å². The molecule has 0 heterocycles. The minimum absolute atomic E-state index is 0.105. The van der Waals surface area contributed by atoms with Gasteiger partial charge in [-0.2, -0.15) is 0 Å². The number of benzene rings is 9. The van der Waals surface area contributed by atoms with Gasteiger partial charge in [0.25, 0.3) is 0 Å². The van der Waals surface area contributed by atoms with Gasteiger partial charge in [-0.15, -0.1) is 0 Å². The summed E-state index contributed by atoms with van der Waals surface area (Å²) in [7, 11) is 0. The van der Waals surface area contributed by atoms with E-state index in [9.17, 15) is 0 Å². The van der Waals surface area contributed by atoms with Crippen molar-refractivity contribution >= 4 is 70.2 Å². The number of fused-ring (bicyclic) bond motifs is 16. The molecule has 0 N–H and O–H groups in total. The van der Waals surface area contributed by atoms with Crippen molar-refractivity contribution in [3.63, 3.8) is 0 Å². The highest BCUT2D eigenvalue weighted by atomic mass is 14.6. The van der Waals surface area contributed by atoms with Gasteiger partial charge >= 0.3 is 0 Å². The van der Waals surface area contributed by atoms with Crippen LogP contribution in [0.3, 0.4) is 0 Å². The summed E-state index contributed by atoms with van der Waals surface area (Å²) in [6, 6.07) is 57.4. The molecule has 0 spiro atoms. The Morgan fingerprint density at radius 3 is 1.63 bits per heavy atom. The molecule has 0 heteroatoms. The molecule has 3 aliphatic rings. The number of hydrogen-bond acceptors (Lipinski definition) is 0. The summed E-state index contributed by atoms with van der Waals surface area (Å²) in [5.74, 6) is 0.602. The van der Waals surface area contributed by atoms with Gasteiger partial charge in [-0.3, -0.25) is 0 Å². The van der Waals surface area contributed by atoms with E-state index in [0.29, 0.717) is 5.92 Å². The highest BCUT2D eigenvalue weighted by Crippen LogP contribution is 2.66. The van der Waals surface area contributed by atoms with E-state index in [1.165, 1.54) is 98.0 Å². The molecule has 0 aliphatic heterocycles. The summed E-state index contributed by atoms with van der Waals surface area (Å²) >= 11 is 0. The Labute approximate surface area is 333 Å². The second kappa shape index (κ2) is 12.0. The zero-order valence-electron chi connectivity index (χ0n) is 32.3. The fourth-order valence-corrected chi connectivity index (χ4v) is 11.2. The van der Waals surface area contributed by atoms with Crippen molar-refractivity contribution in [1.29, 1.82) is 0 Å². The van der Waals surface area contributed by atoms with Crippen LogP contribution in [0.1, 0.15) is 48.8 Å². The van der Waals surface area contributed by atoms with E-state index < -0.39 is 0 Å². The number of hydrogen-bond donors (Lipinski definition) is 0. The summed E-state index contributed by atoms with van der Waals surface area (Å²) in [5.41, 5.74) is 7.89. The average Bonchev–Trinajstić information content (AvgIpc) is 3.47. The topological polar surface area (TPSA) is 0 Å². The quantitative estimate of drug-likeness (QED) is 0.156. The van der Waals surface area contributed by atoms with Crippen LogP contribution < -0.4 is 0 Å². The lowest BCUT2D eigenvalue weighted by Gasteiger charge is -2.57. The van der Waals surface area contributed by atoms with Crippen LogP contribution in [0.5, 0.6) is 0 Å². The van der Waals surface area contributed by atoms with E-state index in [1.807, 2.05) is 0 Å². The summed E-state index contributed by atoms with van der Waals surface area (Å²) in [6.45, 7) is 5.06. The molecule has 9 aromatic rings. The van der Waals surface area contributed by atoms with Gasteiger partial charge in [-0.05, 0) is 122 Å². The maximum absolute atomic E-state index is 2.64. The molecule has 57 heavy (non-hydrogen) atoms. The molecule has 0 aromatic heterocycles. The summed E-state index contributed by atoms with van der Waals surface area (Å²) < 4.78 is 0. The fourth-order valence-electron chi connectivity index (χ4n) is 11.2. The van der Waals surface area contributed by atoms with Crippen LogP contribution in [0.2, 0.25) is 0 Å². The molecule has 9 aromatic carbocycles. The summed E-state index contributed by atoms with van der Waals surface area (Å²) in [4.78, 5) is 0. The van der Waals surface area contributed by atoms with Crippen LogP contribution in [0.25, 0.3) is 81.3 Å². The smallest absolute Gasteiger partial charge is 0.0121 e. The molecular weight excluding hydrogens is 685 g/mol. The first-order valence-corrected chi connectivity index (χ1v) is 20.6. The van der Waals surface area contributed by atoms with Gasteiger partial charge in [0.15, 0.2) is 0 Å². The third-order valence-electron chi connectivity index (χ3n) is 14.5. The molecule has 270 valence electrons. The maximum atomic E-state index is 2.64. The molecule has 0 nitrogen and oxygen atoms in total. The van der Waals surface area contributed by atoms with E-state index in [0.717, 1.165) is 6.42 Å². The lowest BCUT2D eigenvalue weighted by atomic mass is 9.46. The Morgan fingerprint density at radius 2 is 0.965 bits per heavy atom. The SMILES string of the molecule is CC12C=C(c3ccc4ccc5c6ccccc6ccc5c4c3)C=CC1c1ccc(-c3ccc4ccc5c6ccccc6ccc5c4c3)cc1C1CC=CC=CC12C. The van der Waals surface area contributed by atoms with Gasteiger partial charge in [-0.1, -0.05) is 196 Å². The highest BCUT2D eigenvalue weighted by Gasteiger charge is 2.56. The van der Waals surface area contributed by atoms with E-state index in [-0.39, 0.29) is 16.7 Å². The molecule has 12 rings (SSSR count). The maximum Gasteiger partial charge on any atom is 0.0121 e. The third-order valence-corrected chi connectivity index (χ3v) is 14.5. The second-order valence-electron chi connectivity index (χ2n) is 17.2. The third kappa shape index (κ3) is 4.68. The minimum Gasteiger partial charge on any atom is -0.0839 e. The number of rotatable bonds is 2. The van der Waals surface area contributed by atoms with Crippen molar-refractivity contribution in [2.24, 2.45) is 10.8 Å². The van der Waals surface area contributed by atoms with Crippen molar-refractivity contribution in [2.75, 3.05) is 0 Å². The van der Waals surface area contributed by atoms with Crippen LogP contribution in [0.4, 0.5) is 0 Å². The van der Waals surface area contributed by atoms with Gasteiger partial charge in [0, 0.05) is 16.7 Å². The van der Waals surface area contributed by atoms with Gasteiger partial charge in [0.2, 0.25) is 0 Å². The van der Waals surface area contributed by atoms with Gasteiger partial charge < -0.3 is 0 Å². The van der Waals surface area contributed by atoms with Gasteiger partial charge in [-0.25, -0.2) is 0 Å². The van der Waals surface area contributed by atoms with Crippen molar-refractivity contribution in [3.05, 3.63) is 211 Å². The molecular formula is C57H42. The molecule has 4 unspecified atom stereocenters. The Morgan fingerprint density at radius 1 is 0.439 bits per heavy atom. The Hall–Kier alpha value is -6.50. The van der Waals surface area contributed by atoms with E-state index in [4.69, 9.17) is 0 Å². The molecule has 0 radical (unpaired) electrons. The standard InChI is InChI=1S/C57H42/c1-56-31-9-3-4-14-54(56)53-34-41(40-17-15-38-21-25-46-44-12-7-5-10-36(44)19-27-48(46)51(38)32-40)23-29-50(53)55-30-24-43(35-57(55,56)2)42-18-16-39-22-26-47-45-13-8-6-11-37(45)20-28-49(47)52(39)33-42/h3-13,15-35,54-55H,14H2,1-2H3. The van der Waals surface area contributed by atoms with Crippen molar-refractivity contribution in [1.82, 2.24) is 0 Å². The largest absolute Gasteiger partial charge is 0.0839 e. The predicted molar refractivity (Wildman–Crippen MR) is 245 cm³/mol. The average molecular weight is 727 g/mol. The first kappa shape index (κ1) is 32.7. The second-order valence-corrected chi connectivity index (χ2v) is 17.2. The van der Waals surface area contributed by atoms with Crippen LogP contribution in [-0.2, 0) is 0 Å². The first-order chi connectivity index (χ1) is 28.0. The fraction of sp³-hybridized carbons (Fsp3) is 0.123. The van der Waals surface area contributed by atoms with Crippen LogP contribution >= 0.6 is 0 Å². The molecule has 0 saturated heterocycles. The molecule has 4 atom stereocenters. The Balaban J connectivity index is 0.984. The van der Waals surface area contributed by atoms with Crippen molar-refractivity contribution in [2.45, 2.75) is 32.1 Å². The van der Waals surface area contributed by atoms with Gasteiger partial charge in [0.1, 0.15) is 0 Å². The first-order valence-electron chi connectivity index (χ1n) is 20.6. The van der Waals surface area contributed by atoms with Crippen LogP contribution in [0.15, 0.2) is 194 Å². The van der Waals surface area contributed by atoms with E-state index in [2.05, 4.69) is 208 Å². The summed E-state index contributed by atoms with van der Waals surface area (Å²) in [5, 5.41) is 15.7. The summed E-state index contributed by atoms with van der Waals surface area (Å²) in [6.07, 6.45) is 18.1. The molecule has 0 amide bonds. The van der Waals surface area contributed by atoms with Crippen LogP contribution in [0, 0.1) is 10.8 Å². The molecule has 0 bridgehead atoms. The monoisotopic (exact) mass is 726 g/mol. The van der Waals surface area contributed by atoms with Gasteiger partial charge in [0.05, 0.1) is 0 Å². The Bertz CT molecular complexity index is 3310. The lowest BCUT2D eigenvalue weighted by Crippen LogP contribution is -2.48. The molecule has 3 aliphatic carbocycles.